The van der Waals surface area contributed by atoms with Gasteiger partial charge in [-0.05, 0) is 58.5 Å². The number of nitrogens with zero attached hydrogens (tertiary/aromatic N) is 2. The Kier molecular flexibility index (Phi) is 11.5. The predicted octanol–water partition coefficient (Wildman–Crippen LogP) is 2.87. The number of methoxy groups -OCH3 is 1. The Labute approximate surface area is 183 Å². The van der Waals surface area contributed by atoms with E-state index in [0.29, 0.717) is 5.41 Å². The van der Waals surface area contributed by atoms with Crippen LogP contribution >= 0.6 is 24.0 Å². The molecule has 0 aromatic carbocycles. The average molecular weight is 496 g/mol. The molecule has 1 aliphatic heterocycles. The third kappa shape index (κ3) is 7.33. The number of hydrogen-bond acceptors (Lipinski definition) is 4. The summed E-state index contributed by atoms with van der Waals surface area (Å²) in [6.07, 6.45) is 8.44. The second-order valence-electron chi connectivity index (χ2n) is 8.23. The summed E-state index contributed by atoms with van der Waals surface area (Å²) in [6, 6.07) is 0. The van der Waals surface area contributed by atoms with Crippen LogP contribution in [0.2, 0.25) is 0 Å². The van der Waals surface area contributed by atoms with E-state index in [1.54, 1.807) is 7.11 Å². The number of guanidine groups is 1. The molecule has 1 saturated carbocycles. The standard InChI is InChI=1S/C20H40N4O2.HI/c1-5-21-18(22-16-19(10-13-25-4)8-6-7-9-19)23-17-20(24(2)3)11-14-26-15-12-20;/h5-17H2,1-4H3,(H2,21,22,23);1H. The summed E-state index contributed by atoms with van der Waals surface area (Å²) in [4.78, 5) is 7.33. The van der Waals surface area contributed by atoms with Crippen molar-refractivity contribution < 1.29 is 9.47 Å². The minimum Gasteiger partial charge on any atom is -0.385 e. The topological polar surface area (TPSA) is 58.1 Å². The van der Waals surface area contributed by atoms with E-state index in [1.807, 2.05) is 0 Å². The molecular weight excluding hydrogens is 455 g/mol. The largest absolute Gasteiger partial charge is 0.385 e. The van der Waals surface area contributed by atoms with Gasteiger partial charge in [0.05, 0.1) is 0 Å². The van der Waals surface area contributed by atoms with Crippen molar-refractivity contribution >= 4 is 29.9 Å². The zero-order valence-corrected chi connectivity index (χ0v) is 20.1. The van der Waals surface area contributed by atoms with Gasteiger partial charge >= 0.3 is 0 Å². The number of rotatable bonds is 9. The van der Waals surface area contributed by atoms with E-state index in [9.17, 15) is 0 Å². The zero-order valence-electron chi connectivity index (χ0n) is 17.8. The fourth-order valence-electron chi connectivity index (χ4n) is 4.30. The fourth-order valence-corrected chi connectivity index (χ4v) is 4.30. The van der Waals surface area contributed by atoms with Gasteiger partial charge in [0.25, 0.3) is 0 Å². The summed E-state index contributed by atoms with van der Waals surface area (Å²) < 4.78 is 10.9. The minimum absolute atomic E-state index is 0. The number of nitrogens with one attached hydrogen (secondary N) is 2. The van der Waals surface area contributed by atoms with E-state index in [0.717, 1.165) is 64.7 Å². The van der Waals surface area contributed by atoms with E-state index >= 15 is 0 Å². The maximum atomic E-state index is 5.58. The Balaban J connectivity index is 0.00000364. The van der Waals surface area contributed by atoms with E-state index < -0.39 is 0 Å². The van der Waals surface area contributed by atoms with Gasteiger partial charge in [-0.2, -0.15) is 0 Å². The van der Waals surface area contributed by atoms with Crippen molar-refractivity contribution in [3.63, 3.8) is 0 Å². The molecule has 160 valence electrons. The first kappa shape index (κ1) is 24.9. The first-order valence-electron chi connectivity index (χ1n) is 10.3. The van der Waals surface area contributed by atoms with Crippen LogP contribution in [-0.2, 0) is 9.47 Å². The van der Waals surface area contributed by atoms with Crippen LogP contribution in [0.5, 0.6) is 0 Å². The van der Waals surface area contributed by atoms with Crippen LogP contribution in [0.25, 0.3) is 0 Å². The lowest BCUT2D eigenvalue weighted by molar-refractivity contribution is -0.00502. The molecule has 1 heterocycles. The highest BCUT2D eigenvalue weighted by molar-refractivity contribution is 14.0. The normalized spacial score (nSPS) is 21.7. The van der Waals surface area contributed by atoms with Crippen LogP contribution in [0, 0.1) is 5.41 Å². The Hall–Kier alpha value is -0.120. The van der Waals surface area contributed by atoms with Crippen LogP contribution in [0.15, 0.2) is 4.99 Å². The van der Waals surface area contributed by atoms with Crippen molar-refractivity contribution in [2.45, 2.75) is 57.4 Å². The molecule has 2 aliphatic rings. The lowest BCUT2D eigenvalue weighted by atomic mass is 9.83. The Morgan fingerprint density at radius 3 is 2.33 bits per heavy atom. The van der Waals surface area contributed by atoms with Crippen LogP contribution in [0.3, 0.4) is 0 Å². The van der Waals surface area contributed by atoms with Gasteiger partial charge in [0, 0.05) is 52.1 Å². The number of ether oxygens (including phenoxy) is 2. The Morgan fingerprint density at radius 1 is 1.11 bits per heavy atom. The quantitative estimate of drug-likeness (QED) is 0.292. The Morgan fingerprint density at radius 2 is 1.78 bits per heavy atom. The number of aliphatic imine (C=N–C) groups is 1. The zero-order chi connectivity index (χ0) is 18.9. The maximum Gasteiger partial charge on any atom is 0.191 e. The summed E-state index contributed by atoms with van der Waals surface area (Å²) in [5.41, 5.74) is 0.478. The summed E-state index contributed by atoms with van der Waals surface area (Å²) in [7, 11) is 6.15. The molecule has 1 saturated heterocycles. The summed E-state index contributed by atoms with van der Waals surface area (Å²) in [6.45, 7) is 7.33. The molecule has 7 heteroatoms. The third-order valence-electron chi connectivity index (χ3n) is 6.37. The predicted molar refractivity (Wildman–Crippen MR) is 123 cm³/mol. The molecule has 0 amide bonds. The van der Waals surface area contributed by atoms with E-state index in [1.165, 1.54) is 25.7 Å². The molecule has 0 spiro atoms. The van der Waals surface area contributed by atoms with Crippen LogP contribution in [0.4, 0.5) is 0 Å². The van der Waals surface area contributed by atoms with Crippen molar-refractivity contribution in [2.75, 3.05) is 60.7 Å². The van der Waals surface area contributed by atoms with Crippen LogP contribution < -0.4 is 10.6 Å². The number of likely N-dealkylation sites (N-methyl/N-ethyl adjacent to an activating group) is 1. The summed E-state index contributed by atoms with van der Waals surface area (Å²) >= 11 is 0. The summed E-state index contributed by atoms with van der Waals surface area (Å²) in [5, 5.41) is 7.05. The van der Waals surface area contributed by atoms with Crippen molar-refractivity contribution in [1.82, 2.24) is 15.5 Å². The smallest absolute Gasteiger partial charge is 0.191 e. The maximum absolute atomic E-state index is 5.58. The second-order valence-corrected chi connectivity index (χ2v) is 8.23. The van der Waals surface area contributed by atoms with E-state index in [2.05, 4.69) is 36.6 Å². The van der Waals surface area contributed by atoms with Crippen LogP contribution in [-0.4, -0.2) is 77.1 Å². The van der Waals surface area contributed by atoms with Gasteiger partial charge in [-0.25, -0.2) is 0 Å². The first-order valence-corrected chi connectivity index (χ1v) is 10.3. The SMILES string of the molecule is CCNC(=NCC1(CCOC)CCCC1)NCC1(N(C)C)CCOCC1.I. The van der Waals surface area contributed by atoms with Gasteiger partial charge in [0.15, 0.2) is 5.96 Å². The lowest BCUT2D eigenvalue weighted by Gasteiger charge is -2.43. The monoisotopic (exact) mass is 496 g/mol. The van der Waals surface area contributed by atoms with E-state index in [-0.39, 0.29) is 29.5 Å². The molecule has 0 aromatic rings. The average Bonchev–Trinajstić information content (AvgIpc) is 3.12. The van der Waals surface area contributed by atoms with Crippen molar-refractivity contribution in [2.24, 2.45) is 10.4 Å². The molecule has 27 heavy (non-hydrogen) atoms. The minimum atomic E-state index is 0. The number of hydrogen-bond donors (Lipinski definition) is 2. The van der Waals surface area contributed by atoms with Crippen molar-refractivity contribution in [3.8, 4) is 0 Å². The van der Waals surface area contributed by atoms with Gasteiger partial charge < -0.3 is 25.0 Å². The van der Waals surface area contributed by atoms with Gasteiger partial charge in [0.1, 0.15) is 0 Å². The molecule has 0 aromatic heterocycles. The highest BCUT2D eigenvalue weighted by Crippen LogP contribution is 2.41. The molecular formula is C20H41IN4O2. The molecule has 0 radical (unpaired) electrons. The molecule has 0 atom stereocenters. The number of halogens is 1. The molecule has 2 N–H and O–H groups in total. The lowest BCUT2D eigenvalue weighted by Crippen LogP contribution is -2.57. The molecule has 2 rings (SSSR count). The summed E-state index contributed by atoms with van der Waals surface area (Å²) in [5.74, 6) is 0.948. The van der Waals surface area contributed by atoms with Gasteiger partial charge in [-0.15, -0.1) is 24.0 Å². The highest BCUT2D eigenvalue weighted by atomic mass is 127. The molecule has 0 bridgehead atoms. The molecule has 0 unspecified atom stereocenters. The fraction of sp³-hybridized carbons (Fsp3) is 0.950. The van der Waals surface area contributed by atoms with Crippen molar-refractivity contribution in [3.05, 3.63) is 0 Å². The Bertz CT molecular complexity index is 434. The van der Waals surface area contributed by atoms with E-state index in [4.69, 9.17) is 14.5 Å². The van der Waals surface area contributed by atoms with Gasteiger partial charge in [-0.3, -0.25) is 4.99 Å². The highest BCUT2D eigenvalue weighted by Gasteiger charge is 2.35. The van der Waals surface area contributed by atoms with Crippen LogP contribution in [0.1, 0.15) is 51.9 Å². The van der Waals surface area contributed by atoms with Gasteiger partial charge in [-0.1, -0.05) is 12.8 Å². The third-order valence-corrected chi connectivity index (χ3v) is 6.37. The molecule has 1 aliphatic carbocycles. The first-order chi connectivity index (χ1) is 12.6. The second kappa shape index (κ2) is 12.4. The van der Waals surface area contributed by atoms with Gasteiger partial charge in [0.2, 0.25) is 0 Å². The van der Waals surface area contributed by atoms with Crippen molar-refractivity contribution in [1.29, 1.82) is 0 Å². The molecule has 2 fully saturated rings. The molecule has 6 nitrogen and oxygen atoms in total.